The number of likely N-dealkylation sites (tertiary alicyclic amines) is 1. The van der Waals surface area contributed by atoms with Gasteiger partial charge in [0.2, 0.25) is 5.91 Å². The fourth-order valence-corrected chi connectivity index (χ4v) is 3.50. The molecule has 3 amide bonds. The Balaban J connectivity index is 1.62. The van der Waals surface area contributed by atoms with E-state index in [2.05, 4.69) is 5.32 Å². The molecule has 116 valence electrons. The van der Waals surface area contributed by atoms with Gasteiger partial charge in [-0.2, -0.15) is 0 Å². The minimum Gasteiger partial charge on any atom is -0.362 e. The van der Waals surface area contributed by atoms with E-state index in [1.807, 2.05) is 4.90 Å². The molecule has 3 fully saturated rings. The molecule has 0 radical (unpaired) electrons. The Morgan fingerprint density at radius 2 is 2.00 bits per heavy atom. The quantitative estimate of drug-likeness (QED) is 0.659. The highest BCUT2D eigenvalue weighted by molar-refractivity contribution is 6.01. The van der Waals surface area contributed by atoms with Gasteiger partial charge in [0.25, 0.3) is 11.8 Å². The van der Waals surface area contributed by atoms with Gasteiger partial charge in [-0.15, -0.1) is 0 Å². The van der Waals surface area contributed by atoms with E-state index in [0.29, 0.717) is 6.54 Å². The summed E-state index contributed by atoms with van der Waals surface area (Å²) in [5, 5.41) is 3.36. The van der Waals surface area contributed by atoms with Gasteiger partial charge in [-0.3, -0.25) is 19.3 Å². The molecule has 21 heavy (non-hydrogen) atoms. The average molecular weight is 295 g/mol. The fourth-order valence-electron chi connectivity index (χ4n) is 3.50. The van der Waals surface area contributed by atoms with Crippen LogP contribution in [0.4, 0.5) is 0 Å². The molecule has 1 spiro atoms. The van der Waals surface area contributed by atoms with Gasteiger partial charge in [0, 0.05) is 25.0 Å². The normalized spacial score (nSPS) is 30.3. The van der Waals surface area contributed by atoms with Crippen molar-refractivity contribution >= 4 is 17.7 Å². The Morgan fingerprint density at radius 3 is 2.67 bits per heavy atom. The van der Waals surface area contributed by atoms with Crippen LogP contribution in [0, 0.1) is 5.41 Å². The van der Waals surface area contributed by atoms with Gasteiger partial charge >= 0.3 is 0 Å². The largest absolute Gasteiger partial charge is 0.362 e. The lowest BCUT2D eigenvalue weighted by Gasteiger charge is -2.40. The van der Waals surface area contributed by atoms with Gasteiger partial charge < -0.3 is 15.0 Å². The topological polar surface area (TPSA) is 79.0 Å². The van der Waals surface area contributed by atoms with Crippen LogP contribution >= 0.6 is 0 Å². The fraction of sp³-hybridized carbons (Fsp3) is 0.786. The van der Waals surface area contributed by atoms with Crippen LogP contribution in [0.3, 0.4) is 0 Å². The van der Waals surface area contributed by atoms with Crippen molar-refractivity contribution in [2.24, 2.45) is 5.41 Å². The van der Waals surface area contributed by atoms with Crippen molar-refractivity contribution in [2.75, 3.05) is 45.9 Å². The van der Waals surface area contributed by atoms with Gasteiger partial charge in [-0.05, 0) is 25.8 Å². The Bertz CT molecular complexity index is 443. The van der Waals surface area contributed by atoms with Crippen LogP contribution in [0.15, 0.2) is 0 Å². The molecule has 3 rings (SSSR count). The minimum absolute atomic E-state index is 0.118. The number of nitrogens with zero attached hydrogens (tertiary/aromatic N) is 2. The number of amides is 3. The van der Waals surface area contributed by atoms with Crippen molar-refractivity contribution in [3.05, 3.63) is 0 Å². The molecule has 0 aromatic rings. The first kappa shape index (κ1) is 14.5. The Labute approximate surface area is 123 Å². The van der Waals surface area contributed by atoms with Crippen LogP contribution in [-0.2, 0) is 19.1 Å². The third-order valence-electron chi connectivity index (χ3n) is 4.69. The van der Waals surface area contributed by atoms with Crippen LogP contribution < -0.4 is 5.32 Å². The molecule has 3 aliphatic rings. The number of hydrogen-bond acceptors (Lipinski definition) is 5. The van der Waals surface area contributed by atoms with E-state index in [-0.39, 0.29) is 31.1 Å². The van der Waals surface area contributed by atoms with E-state index < -0.39 is 11.8 Å². The van der Waals surface area contributed by atoms with E-state index in [9.17, 15) is 14.4 Å². The number of ether oxygens (including phenoxy) is 1. The molecular formula is C14H21N3O4. The molecule has 0 saturated carbocycles. The molecule has 7 heteroatoms. The Hall–Kier alpha value is -1.47. The summed E-state index contributed by atoms with van der Waals surface area (Å²) in [6.07, 6.45) is 3.21. The van der Waals surface area contributed by atoms with Gasteiger partial charge in [0.1, 0.15) is 19.8 Å². The number of piperidine rings is 1. The molecule has 3 heterocycles. The zero-order valence-electron chi connectivity index (χ0n) is 12.1. The van der Waals surface area contributed by atoms with Crippen molar-refractivity contribution in [2.45, 2.75) is 19.3 Å². The lowest BCUT2D eigenvalue weighted by Crippen LogP contribution is -2.54. The van der Waals surface area contributed by atoms with Crippen molar-refractivity contribution in [1.82, 2.24) is 15.1 Å². The van der Waals surface area contributed by atoms with E-state index >= 15 is 0 Å². The number of hydrogen-bond donors (Lipinski definition) is 1. The van der Waals surface area contributed by atoms with Crippen molar-refractivity contribution in [1.29, 1.82) is 0 Å². The third kappa shape index (κ3) is 2.94. The first-order valence-electron chi connectivity index (χ1n) is 7.49. The number of nitrogens with one attached hydrogen (secondary N) is 1. The number of rotatable bonds is 2. The van der Waals surface area contributed by atoms with Crippen LogP contribution in [0.2, 0.25) is 0 Å². The van der Waals surface area contributed by atoms with Crippen LogP contribution in [0.5, 0.6) is 0 Å². The highest BCUT2D eigenvalue weighted by Crippen LogP contribution is 2.35. The van der Waals surface area contributed by atoms with Crippen molar-refractivity contribution in [3.8, 4) is 0 Å². The lowest BCUT2D eigenvalue weighted by molar-refractivity contribution is -0.162. The number of imide groups is 1. The number of morpholine rings is 1. The Kier molecular flexibility index (Phi) is 3.95. The molecule has 1 N–H and O–H groups in total. The SMILES string of the molecule is O=C(CN1C(=O)COCC1=O)N1CCCC2(CCNC2)C1. The summed E-state index contributed by atoms with van der Waals surface area (Å²) < 4.78 is 4.85. The summed E-state index contributed by atoms with van der Waals surface area (Å²) in [7, 11) is 0. The molecule has 0 aromatic carbocycles. The van der Waals surface area contributed by atoms with Crippen LogP contribution in [0.25, 0.3) is 0 Å². The second kappa shape index (κ2) is 5.73. The molecule has 1 unspecified atom stereocenters. The molecule has 3 aliphatic heterocycles. The predicted molar refractivity (Wildman–Crippen MR) is 73.3 cm³/mol. The molecule has 0 bridgehead atoms. The maximum Gasteiger partial charge on any atom is 0.255 e. The highest BCUT2D eigenvalue weighted by atomic mass is 16.5. The van der Waals surface area contributed by atoms with E-state index in [1.54, 1.807) is 0 Å². The highest BCUT2D eigenvalue weighted by Gasteiger charge is 2.40. The summed E-state index contributed by atoms with van der Waals surface area (Å²) >= 11 is 0. The first-order valence-corrected chi connectivity index (χ1v) is 7.49. The summed E-state index contributed by atoms with van der Waals surface area (Å²) in [4.78, 5) is 38.6. The van der Waals surface area contributed by atoms with Crippen molar-refractivity contribution < 1.29 is 19.1 Å². The summed E-state index contributed by atoms with van der Waals surface area (Å²) in [6, 6.07) is 0. The zero-order valence-corrected chi connectivity index (χ0v) is 12.1. The molecule has 7 nitrogen and oxygen atoms in total. The van der Waals surface area contributed by atoms with Gasteiger partial charge in [-0.25, -0.2) is 0 Å². The summed E-state index contributed by atoms with van der Waals surface area (Å²) in [6.45, 7) is 3.01. The minimum atomic E-state index is -0.422. The molecule has 0 aliphatic carbocycles. The van der Waals surface area contributed by atoms with Crippen LogP contribution in [0.1, 0.15) is 19.3 Å². The van der Waals surface area contributed by atoms with Crippen LogP contribution in [-0.4, -0.2) is 73.5 Å². The van der Waals surface area contributed by atoms with E-state index in [1.165, 1.54) is 0 Å². The maximum atomic E-state index is 12.4. The predicted octanol–water partition coefficient (Wildman–Crippen LogP) is -1.03. The average Bonchev–Trinajstić information content (AvgIpc) is 2.91. The summed E-state index contributed by atoms with van der Waals surface area (Å²) in [5.41, 5.74) is 0.187. The monoisotopic (exact) mass is 295 g/mol. The Morgan fingerprint density at radius 1 is 1.24 bits per heavy atom. The maximum absolute atomic E-state index is 12.4. The number of carbonyl (C=O) groups excluding carboxylic acids is 3. The second-order valence-electron chi connectivity index (χ2n) is 6.21. The van der Waals surface area contributed by atoms with Gasteiger partial charge in [0.05, 0.1) is 0 Å². The molecular weight excluding hydrogens is 274 g/mol. The van der Waals surface area contributed by atoms with Crippen molar-refractivity contribution in [3.63, 3.8) is 0 Å². The molecule has 0 aromatic heterocycles. The lowest BCUT2D eigenvalue weighted by atomic mass is 9.79. The number of carbonyl (C=O) groups is 3. The zero-order chi connectivity index (χ0) is 14.9. The second-order valence-corrected chi connectivity index (χ2v) is 6.21. The molecule has 3 saturated heterocycles. The van der Waals surface area contributed by atoms with E-state index in [0.717, 1.165) is 43.8 Å². The van der Waals surface area contributed by atoms with Gasteiger partial charge in [-0.1, -0.05) is 0 Å². The molecule has 1 atom stereocenters. The van der Waals surface area contributed by atoms with Gasteiger partial charge in [0.15, 0.2) is 0 Å². The van der Waals surface area contributed by atoms with E-state index in [4.69, 9.17) is 4.74 Å². The summed E-state index contributed by atoms with van der Waals surface area (Å²) in [5.74, 6) is -0.979. The first-order chi connectivity index (χ1) is 10.1. The third-order valence-corrected chi connectivity index (χ3v) is 4.69. The standard InChI is InChI=1S/C14H21N3O4/c18-11(6-17-12(19)7-21-8-13(17)20)16-5-1-2-14(10-16)3-4-15-9-14/h15H,1-10H2. The smallest absolute Gasteiger partial charge is 0.255 e.